The molecule has 0 radical (unpaired) electrons. The summed E-state index contributed by atoms with van der Waals surface area (Å²) in [4.78, 5) is 4.81. The van der Waals surface area contributed by atoms with E-state index in [2.05, 4.69) is 17.2 Å². The number of benzene rings is 2. The van der Waals surface area contributed by atoms with Crippen molar-refractivity contribution in [1.82, 2.24) is 13.9 Å². The normalized spacial score (nSPS) is 12.0. The molecule has 0 saturated heterocycles. The highest BCUT2D eigenvalue weighted by atomic mass is 32.2. The van der Waals surface area contributed by atoms with E-state index in [4.69, 9.17) is 0 Å². The third-order valence-electron chi connectivity index (χ3n) is 4.34. The zero-order chi connectivity index (χ0) is 19.6. The molecule has 0 aliphatic heterocycles. The van der Waals surface area contributed by atoms with Crippen LogP contribution in [-0.4, -0.2) is 36.4 Å². The number of aryl methyl sites for hydroxylation is 1. The fourth-order valence-electron chi connectivity index (χ4n) is 2.92. The Morgan fingerprint density at radius 1 is 1.19 bits per heavy atom. The molecule has 1 N–H and O–H groups in total. The van der Waals surface area contributed by atoms with Crippen LogP contribution in [0.5, 0.6) is 0 Å². The lowest BCUT2D eigenvalue weighted by Crippen LogP contribution is -2.22. The summed E-state index contributed by atoms with van der Waals surface area (Å²) in [5.74, 6) is 0.407. The Morgan fingerprint density at radius 3 is 2.59 bits per heavy atom. The number of nitrogens with one attached hydrogen (secondary N) is 1. The Bertz CT molecular complexity index is 1060. The van der Waals surface area contributed by atoms with Gasteiger partial charge in [-0.05, 0) is 36.8 Å². The Kier molecular flexibility index (Phi) is 5.48. The summed E-state index contributed by atoms with van der Waals surface area (Å²) >= 11 is 0. The van der Waals surface area contributed by atoms with Crippen LogP contribution in [0.3, 0.4) is 0 Å². The minimum atomic E-state index is -3.53. The van der Waals surface area contributed by atoms with Crippen LogP contribution in [0.2, 0.25) is 0 Å². The second-order valence-corrected chi connectivity index (χ2v) is 8.60. The van der Waals surface area contributed by atoms with Gasteiger partial charge in [0.2, 0.25) is 10.0 Å². The molecule has 3 aromatic rings. The Balaban J connectivity index is 1.99. The van der Waals surface area contributed by atoms with Gasteiger partial charge in [0, 0.05) is 20.6 Å². The van der Waals surface area contributed by atoms with Gasteiger partial charge in [-0.1, -0.05) is 19.1 Å². The van der Waals surface area contributed by atoms with Gasteiger partial charge in [0.25, 0.3) is 0 Å². The van der Waals surface area contributed by atoms with E-state index in [1.807, 2.05) is 4.57 Å². The van der Waals surface area contributed by atoms with Gasteiger partial charge in [-0.2, -0.15) is 0 Å². The summed E-state index contributed by atoms with van der Waals surface area (Å²) in [6, 6.07) is 11.4. The number of halogens is 1. The highest BCUT2D eigenvalue weighted by Crippen LogP contribution is 2.23. The van der Waals surface area contributed by atoms with Gasteiger partial charge < -0.3 is 9.88 Å². The SMILES string of the molecule is CCCn1c(CNc2ccccc2F)nc2cc(S(=O)(=O)N(C)C)ccc21. The number of imidazole rings is 1. The van der Waals surface area contributed by atoms with Gasteiger partial charge in [0.15, 0.2) is 0 Å². The van der Waals surface area contributed by atoms with Crippen molar-refractivity contribution < 1.29 is 12.8 Å². The van der Waals surface area contributed by atoms with Crippen LogP contribution >= 0.6 is 0 Å². The average Bonchev–Trinajstić information content (AvgIpc) is 2.98. The van der Waals surface area contributed by atoms with E-state index in [0.29, 0.717) is 17.7 Å². The molecule has 6 nitrogen and oxygen atoms in total. The van der Waals surface area contributed by atoms with Crippen molar-refractivity contribution in [2.24, 2.45) is 0 Å². The first-order valence-electron chi connectivity index (χ1n) is 8.74. The summed E-state index contributed by atoms with van der Waals surface area (Å²) in [6.07, 6.45) is 0.899. The number of sulfonamides is 1. The first-order chi connectivity index (χ1) is 12.8. The molecule has 0 bridgehead atoms. The van der Waals surface area contributed by atoms with E-state index in [1.54, 1.807) is 36.4 Å². The van der Waals surface area contributed by atoms with E-state index in [1.165, 1.54) is 24.5 Å². The molecule has 0 fully saturated rings. The van der Waals surface area contributed by atoms with Crippen LogP contribution in [0, 0.1) is 5.82 Å². The van der Waals surface area contributed by atoms with Crippen LogP contribution in [-0.2, 0) is 23.1 Å². The quantitative estimate of drug-likeness (QED) is 0.671. The molecule has 2 aromatic carbocycles. The molecule has 1 aromatic heterocycles. The van der Waals surface area contributed by atoms with Gasteiger partial charge >= 0.3 is 0 Å². The predicted octanol–water partition coefficient (Wildman–Crippen LogP) is 3.45. The van der Waals surface area contributed by atoms with Crippen LogP contribution in [0.1, 0.15) is 19.2 Å². The van der Waals surface area contributed by atoms with Crippen molar-refractivity contribution in [2.45, 2.75) is 31.3 Å². The smallest absolute Gasteiger partial charge is 0.242 e. The van der Waals surface area contributed by atoms with Gasteiger partial charge in [0.1, 0.15) is 11.6 Å². The van der Waals surface area contributed by atoms with Crippen molar-refractivity contribution in [3.05, 3.63) is 54.1 Å². The first-order valence-corrected chi connectivity index (χ1v) is 10.2. The third kappa shape index (κ3) is 3.81. The van der Waals surface area contributed by atoms with Crippen molar-refractivity contribution in [3.8, 4) is 0 Å². The van der Waals surface area contributed by atoms with Crippen molar-refractivity contribution in [3.63, 3.8) is 0 Å². The number of nitrogens with zero attached hydrogens (tertiary/aromatic N) is 3. The molecule has 0 amide bonds. The molecule has 8 heteroatoms. The summed E-state index contributed by atoms with van der Waals surface area (Å²) in [5, 5.41) is 3.07. The number of para-hydroxylation sites is 1. The monoisotopic (exact) mass is 390 g/mol. The average molecular weight is 390 g/mol. The highest BCUT2D eigenvalue weighted by molar-refractivity contribution is 7.89. The minimum Gasteiger partial charge on any atom is -0.375 e. The molecule has 0 aliphatic rings. The zero-order valence-corrected chi connectivity index (χ0v) is 16.4. The molecule has 0 unspecified atom stereocenters. The first kappa shape index (κ1) is 19.3. The number of anilines is 1. The van der Waals surface area contributed by atoms with Crippen LogP contribution in [0.4, 0.5) is 10.1 Å². The van der Waals surface area contributed by atoms with Gasteiger partial charge in [-0.3, -0.25) is 0 Å². The maximum Gasteiger partial charge on any atom is 0.242 e. The molecule has 3 rings (SSSR count). The fraction of sp³-hybridized carbons (Fsp3) is 0.316. The fourth-order valence-corrected chi connectivity index (χ4v) is 3.84. The second-order valence-electron chi connectivity index (χ2n) is 6.45. The largest absolute Gasteiger partial charge is 0.375 e. The maximum atomic E-state index is 13.8. The lowest BCUT2D eigenvalue weighted by molar-refractivity contribution is 0.521. The summed E-state index contributed by atoms with van der Waals surface area (Å²) in [5.41, 5.74) is 1.88. The van der Waals surface area contributed by atoms with E-state index in [-0.39, 0.29) is 10.7 Å². The minimum absolute atomic E-state index is 0.203. The number of hydrogen-bond donors (Lipinski definition) is 1. The second kappa shape index (κ2) is 7.66. The number of fused-ring (bicyclic) bond motifs is 1. The van der Waals surface area contributed by atoms with E-state index in [0.717, 1.165) is 24.3 Å². The summed E-state index contributed by atoms with van der Waals surface area (Å²) < 4.78 is 41.8. The Hall–Kier alpha value is -2.45. The van der Waals surface area contributed by atoms with E-state index < -0.39 is 10.0 Å². The van der Waals surface area contributed by atoms with Crippen LogP contribution in [0.25, 0.3) is 11.0 Å². The molecular formula is C19H23FN4O2S. The predicted molar refractivity (Wildman–Crippen MR) is 105 cm³/mol. The van der Waals surface area contributed by atoms with Crippen molar-refractivity contribution in [1.29, 1.82) is 0 Å². The summed E-state index contributed by atoms with van der Waals surface area (Å²) in [7, 11) is -0.528. The zero-order valence-electron chi connectivity index (χ0n) is 15.6. The number of hydrogen-bond acceptors (Lipinski definition) is 4. The van der Waals surface area contributed by atoms with Crippen molar-refractivity contribution in [2.75, 3.05) is 19.4 Å². The molecular weight excluding hydrogens is 367 g/mol. The Morgan fingerprint density at radius 2 is 1.93 bits per heavy atom. The molecule has 1 heterocycles. The van der Waals surface area contributed by atoms with Gasteiger partial charge in [-0.15, -0.1) is 0 Å². The van der Waals surface area contributed by atoms with Gasteiger partial charge in [0.05, 0.1) is 28.2 Å². The lowest BCUT2D eigenvalue weighted by Gasteiger charge is -2.12. The standard InChI is InChI=1S/C19H23FN4O2S/c1-4-11-24-18-10-9-14(27(25,26)23(2)3)12-17(18)22-19(24)13-21-16-8-6-5-7-15(16)20/h5-10,12,21H,4,11,13H2,1-3H3. The molecule has 27 heavy (non-hydrogen) atoms. The molecule has 0 aliphatic carbocycles. The topological polar surface area (TPSA) is 67.2 Å². The van der Waals surface area contributed by atoms with Crippen LogP contribution in [0.15, 0.2) is 47.4 Å². The number of rotatable bonds is 7. The maximum absolute atomic E-state index is 13.8. The highest BCUT2D eigenvalue weighted by Gasteiger charge is 2.19. The van der Waals surface area contributed by atoms with E-state index in [9.17, 15) is 12.8 Å². The van der Waals surface area contributed by atoms with Crippen molar-refractivity contribution >= 4 is 26.7 Å². The molecule has 0 spiro atoms. The van der Waals surface area contributed by atoms with Gasteiger partial charge in [-0.25, -0.2) is 22.1 Å². The van der Waals surface area contributed by atoms with Crippen LogP contribution < -0.4 is 5.32 Å². The Labute approximate surface area is 158 Å². The number of aromatic nitrogens is 2. The summed E-state index contributed by atoms with van der Waals surface area (Å²) in [6.45, 7) is 3.14. The molecule has 144 valence electrons. The third-order valence-corrected chi connectivity index (χ3v) is 6.15. The molecule has 0 saturated carbocycles. The molecule has 0 atom stereocenters. The lowest BCUT2D eigenvalue weighted by atomic mass is 10.3. The van der Waals surface area contributed by atoms with E-state index >= 15 is 0 Å².